The first kappa shape index (κ1) is 23.4. The van der Waals surface area contributed by atoms with Crippen molar-refractivity contribution in [3.63, 3.8) is 0 Å². The Hall–Kier alpha value is -2.74. The van der Waals surface area contributed by atoms with Crippen LogP contribution in [-0.2, 0) is 9.53 Å². The fourth-order valence-corrected chi connectivity index (χ4v) is 4.56. The summed E-state index contributed by atoms with van der Waals surface area (Å²) in [4.78, 5) is 29.9. The standard InChI is InChI=1S/C24H26Cl2N4O3/c1-2-33-23(31)21-19(27-24(32)28-22(21)16-7-9-17(25)10-8-16)15-29-11-13-30(14-12-29)20-6-4-3-5-18(20)26/h3-10,22H,2,11-15H2,1H3,(H2,27,28,32)/t22-/m0/s1. The first-order valence-electron chi connectivity index (χ1n) is 10.9. The minimum absolute atomic E-state index is 0.243. The lowest BCUT2D eigenvalue weighted by molar-refractivity contribution is -0.139. The summed E-state index contributed by atoms with van der Waals surface area (Å²) in [7, 11) is 0. The Morgan fingerprint density at radius 2 is 1.76 bits per heavy atom. The van der Waals surface area contributed by atoms with Gasteiger partial charge in [-0.1, -0.05) is 47.5 Å². The molecule has 0 saturated carbocycles. The first-order valence-corrected chi connectivity index (χ1v) is 11.7. The number of piperazine rings is 1. The number of halogens is 2. The summed E-state index contributed by atoms with van der Waals surface area (Å²) < 4.78 is 5.34. The van der Waals surface area contributed by atoms with Crippen molar-refractivity contribution < 1.29 is 14.3 Å². The van der Waals surface area contributed by atoms with E-state index in [0.29, 0.717) is 22.8 Å². The third-order valence-electron chi connectivity index (χ3n) is 5.80. The Balaban J connectivity index is 1.56. The Morgan fingerprint density at radius 1 is 1.06 bits per heavy atom. The highest BCUT2D eigenvalue weighted by molar-refractivity contribution is 6.33. The predicted octanol–water partition coefficient (Wildman–Crippen LogP) is 3.99. The second-order valence-electron chi connectivity index (χ2n) is 7.91. The molecule has 4 rings (SSSR count). The Kier molecular flexibility index (Phi) is 7.42. The van der Waals surface area contributed by atoms with Crippen LogP contribution in [-0.4, -0.2) is 56.2 Å². The maximum Gasteiger partial charge on any atom is 0.338 e. The van der Waals surface area contributed by atoms with Gasteiger partial charge in [0.1, 0.15) is 0 Å². The van der Waals surface area contributed by atoms with E-state index in [1.54, 1.807) is 31.2 Å². The first-order chi connectivity index (χ1) is 16.0. The van der Waals surface area contributed by atoms with E-state index in [-0.39, 0.29) is 12.6 Å². The van der Waals surface area contributed by atoms with Crippen molar-refractivity contribution in [1.82, 2.24) is 15.5 Å². The number of nitrogens with one attached hydrogen (secondary N) is 2. The van der Waals surface area contributed by atoms with Gasteiger partial charge in [-0.15, -0.1) is 0 Å². The number of ether oxygens (including phenoxy) is 1. The average Bonchev–Trinajstić information content (AvgIpc) is 2.80. The molecule has 0 radical (unpaired) electrons. The molecule has 9 heteroatoms. The number of amides is 2. The number of carbonyl (C=O) groups is 2. The number of hydrogen-bond donors (Lipinski definition) is 2. The van der Waals surface area contributed by atoms with E-state index in [1.807, 2.05) is 24.3 Å². The van der Waals surface area contributed by atoms with Gasteiger partial charge in [0.05, 0.1) is 28.9 Å². The van der Waals surface area contributed by atoms with Crippen LogP contribution in [0.4, 0.5) is 10.5 Å². The maximum absolute atomic E-state index is 12.9. The minimum Gasteiger partial charge on any atom is -0.463 e. The third kappa shape index (κ3) is 5.43. The van der Waals surface area contributed by atoms with Gasteiger partial charge in [0.2, 0.25) is 0 Å². The van der Waals surface area contributed by atoms with Crippen molar-refractivity contribution in [2.45, 2.75) is 13.0 Å². The van der Waals surface area contributed by atoms with Crippen LogP contribution in [0.3, 0.4) is 0 Å². The normalized spacial score (nSPS) is 19.2. The van der Waals surface area contributed by atoms with Crippen LogP contribution in [0.25, 0.3) is 0 Å². The van der Waals surface area contributed by atoms with E-state index < -0.39 is 12.0 Å². The molecule has 0 aliphatic carbocycles. The molecule has 2 heterocycles. The summed E-state index contributed by atoms with van der Waals surface area (Å²) in [5.74, 6) is -0.449. The lowest BCUT2D eigenvalue weighted by Crippen LogP contribution is -2.51. The van der Waals surface area contributed by atoms with E-state index in [9.17, 15) is 9.59 Å². The number of anilines is 1. The molecule has 1 saturated heterocycles. The van der Waals surface area contributed by atoms with Crippen molar-refractivity contribution in [1.29, 1.82) is 0 Å². The number of carbonyl (C=O) groups excluding carboxylic acids is 2. The van der Waals surface area contributed by atoms with Gasteiger partial charge < -0.3 is 20.3 Å². The molecule has 2 aromatic rings. The molecule has 0 bridgehead atoms. The fraction of sp³-hybridized carbons (Fsp3) is 0.333. The molecule has 2 aliphatic rings. The number of esters is 1. The van der Waals surface area contributed by atoms with Crippen molar-refractivity contribution in [2.75, 3.05) is 44.2 Å². The van der Waals surface area contributed by atoms with Crippen molar-refractivity contribution >= 4 is 40.9 Å². The highest BCUT2D eigenvalue weighted by Gasteiger charge is 2.34. The summed E-state index contributed by atoms with van der Waals surface area (Å²) in [5, 5.41) is 7.00. The third-order valence-corrected chi connectivity index (χ3v) is 6.37. The van der Waals surface area contributed by atoms with Crippen molar-refractivity contribution in [3.8, 4) is 0 Å². The lowest BCUT2D eigenvalue weighted by Gasteiger charge is -2.38. The average molecular weight is 489 g/mol. The van der Waals surface area contributed by atoms with Crippen LogP contribution < -0.4 is 15.5 Å². The maximum atomic E-state index is 12.9. The van der Waals surface area contributed by atoms with Crippen LogP contribution in [0.5, 0.6) is 0 Å². The molecule has 2 aliphatic heterocycles. The smallest absolute Gasteiger partial charge is 0.338 e. The van der Waals surface area contributed by atoms with Crippen LogP contribution >= 0.6 is 23.2 Å². The van der Waals surface area contributed by atoms with Crippen LogP contribution in [0, 0.1) is 0 Å². The molecule has 0 aromatic heterocycles. The summed E-state index contributed by atoms with van der Waals surface area (Å²) in [6.45, 7) is 5.55. The Bertz CT molecular complexity index is 1050. The highest BCUT2D eigenvalue weighted by atomic mass is 35.5. The second-order valence-corrected chi connectivity index (χ2v) is 8.75. The van der Waals surface area contributed by atoms with E-state index in [4.69, 9.17) is 27.9 Å². The van der Waals surface area contributed by atoms with Gasteiger partial charge in [-0.2, -0.15) is 0 Å². The van der Waals surface area contributed by atoms with Gasteiger partial charge >= 0.3 is 12.0 Å². The predicted molar refractivity (Wildman–Crippen MR) is 130 cm³/mol. The number of para-hydroxylation sites is 1. The largest absolute Gasteiger partial charge is 0.463 e. The molecule has 1 atom stereocenters. The fourth-order valence-electron chi connectivity index (χ4n) is 4.18. The summed E-state index contributed by atoms with van der Waals surface area (Å²) in [5.41, 5.74) is 2.75. The minimum atomic E-state index is -0.616. The van der Waals surface area contributed by atoms with Crippen molar-refractivity contribution in [3.05, 3.63) is 75.4 Å². The van der Waals surface area contributed by atoms with E-state index in [0.717, 1.165) is 42.5 Å². The molecule has 2 N–H and O–H groups in total. The summed E-state index contributed by atoms with van der Waals surface area (Å²) in [6, 6.07) is 13.9. The number of rotatable bonds is 6. The Labute approximate surface area is 203 Å². The zero-order valence-corrected chi connectivity index (χ0v) is 19.8. The van der Waals surface area contributed by atoms with Gasteiger partial charge in [-0.25, -0.2) is 9.59 Å². The molecule has 2 aromatic carbocycles. The lowest BCUT2D eigenvalue weighted by atomic mass is 9.95. The zero-order chi connectivity index (χ0) is 23.4. The van der Waals surface area contributed by atoms with Gasteiger partial charge in [-0.3, -0.25) is 4.90 Å². The molecular weight excluding hydrogens is 463 g/mol. The SMILES string of the molecule is CCOC(=O)C1=C(CN2CCN(c3ccccc3Cl)CC2)NC(=O)N[C@H]1c1ccc(Cl)cc1. The van der Waals surface area contributed by atoms with Crippen LogP contribution in [0.1, 0.15) is 18.5 Å². The molecule has 174 valence electrons. The molecular formula is C24H26Cl2N4O3. The molecule has 33 heavy (non-hydrogen) atoms. The number of hydrogen-bond acceptors (Lipinski definition) is 5. The topological polar surface area (TPSA) is 73.9 Å². The molecule has 2 amide bonds. The number of urea groups is 1. The molecule has 1 fully saturated rings. The number of nitrogens with zero attached hydrogens (tertiary/aromatic N) is 2. The van der Waals surface area contributed by atoms with E-state index >= 15 is 0 Å². The molecule has 0 unspecified atom stereocenters. The quantitative estimate of drug-likeness (QED) is 0.601. The van der Waals surface area contributed by atoms with E-state index in [2.05, 4.69) is 20.4 Å². The van der Waals surface area contributed by atoms with Gasteiger partial charge in [0, 0.05) is 43.4 Å². The molecule has 7 nitrogen and oxygen atoms in total. The summed E-state index contributed by atoms with van der Waals surface area (Å²) >= 11 is 12.4. The number of benzene rings is 2. The summed E-state index contributed by atoms with van der Waals surface area (Å²) in [6.07, 6.45) is 0. The van der Waals surface area contributed by atoms with Crippen LogP contribution in [0.15, 0.2) is 59.8 Å². The van der Waals surface area contributed by atoms with Gasteiger partial charge in [0.25, 0.3) is 0 Å². The van der Waals surface area contributed by atoms with Gasteiger partial charge in [-0.05, 0) is 36.8 Å². The van der Waals surface area contributed by atoms with Crippen LogP contribution in [0.2, 0.25) is 10.0 Å². The monoisotopic (exact) mass is 488 g/mol. The van der Waals surface area contributed by atoms with Crippen molar-refractivity contribution in [2.24, 2.45) is 0 Å². The molecule has 0 spiro atoms. The second kappa shape index (κ2) is 10.5. The Morgan fingerprint density at radius 3 is 2.42 bits per heavy atom. The van der Waals surface area contributed by atoms with Gasteiger partial charge in [0.15, 0.2) is 0 Å². The van der Waals surface area contributed by atoms with E-state index in [1.165, 1.54) is 0 Å². The zero-order valence-electron chi connectivity index (χ0n) is 18.3. The highest BCUT2D eigenvalue weighted by Crippen LogP contribution is 2.30.